The van der Waals surface area contributed by atoms with Crippen LogP contribution >= 0.6 is 15.9 Å². The van der Waals surface area contributed by atoms with Crippen LogP contribution in [-0.4, -0.2) is 24.4 Å². The fourth-order valence-corrected chi connectivity index (χ4v) is 3.34. The van der Waals surface area contributed by atoms with Crippen molar-refractivity contribution < 1.29 is 14.0 Å². The summed E-state index contributed by atoms with van der Waals surface area (Å²) < 4.78 is 6.20. The molecule has 1 saturated heterocycles. The van der Waals surface area contributed by atoms with Crippen molar-refractivity contribution in [1.29, 1.82) is 0 Å². The maximum atomic E-state index is 12.6. The molecule has 0 spiro atoms. The van der Waals surface area contributed by atoms with Crippen LogP contribution in [0, 0.1) is 5.92 Å². The Hall–Kier alpha value is -2.08. The maximum absolute atomic E-state index is 12.6. The Morgan fingerprint density at radius 2 is 2.25 bits per heavy atom. The summed E-state index contributed by atoms with van der Waals surface area (Å²) in [5, 5.41) is 2.92. The van der Waals surface area contributed by atoms with Gasteiger partial charge in [-0.15, -0.1) is 0 Å². The molecule has 0 radical (unpaired) electrons. The van der Waals surface area contributed by atoms with Gasteiger partial charge < -0.3 is 14.6 Å². The molecule has 1 aliphatic heterocycles. The van der Waals surface area contributed by atoms with Crippen molar-refractivity contribution in [3.63, 3.8) is 0 Å². The summed E-state index contributed by atoms with van der Waals surface area (Å²) in [6.07, 6.45) is 2.75. The molecule has 2 amide bonds. The highest BCUT2D eigenvalue weighted by atomic mass is 79.9. The highest BCUT2D eigenvalue weighted by molar-refractivity contribution is 9.10. The SMILES string of the molecule is CC(Cc1ccco1)NC(=O)C1CCN(c2cccc(Br)c2)C1=O. The first-order valence-electron chi connectivity index (χ1n) is 7.94. The lowest BCUT2D eigenvalue weighted by Gasteiger charge is -2.18. The Labute approximate surface area is 149 Å². The van der Waals surface area contributed by atoms with Crippen LogP contribution in [-0.2, 0) is 16.0 Å². The molecule has 1 aromatic carbocycles. The number of amides is 2. The number of nitrogens with zero attached hydrogens (tertiary/aromatic N) is 1. The molecule has 0 saturated carbocycles. The van der Waals surface area contributed by atoms with E-state index in [1.807, 2.05) is 43.3 Å². The molecule has 0 aliphatic carbocycles. The van der Waals surface area contributed by atoms with E-state index in [1.165, 1.54) is 0 Å². The minimum absolute atomic E-state index is 0.0867. The van der Waals surface area contributed by atoms with E-state index in [-0.39, 0.29) is 17.9 Å². The molecule has 2 unspecified atom stereocenters. The van der Waals surface area contributed by atoms with Gasteiger partial charge in [-0.2, -0.15) is 0 Å². The standard InChI is InChI=1S/C18H19BrN2O3/c1-12(10-15-6-3-9-24-15)20-17(22)16-7-8-21(18(16)23)14-5-2-4-13(19)11-14/h2-6,9,11-12,16H,7-8,10H2,1H3,(H,20,22). The van der Waals surface area contributed by atoms with Crippen LogP contribution in [0.5, 0.6) is 0 Å². The zero-order valence-corrected chi connectivity index (χ0v) is 15.0. The topological polar surface area (TPSA) is 62.6 Å². The number of carbonyl (C=O) groups excluding carboxylic acids is 2. The number of halogens is 1. The first-order valence-corrected chi connectivity index (χ1v) is 8.73. The zero-order chi connectivity index (χ0) is 17.1. The van der Waals surface area contributed by atoms with Crippen LogP contribution in [0.25, 0.3) is 0 Å². The lowest BCUT2D eigenvalue weighted by Crippen LogP contribution is -2.41. The van der Waals surface area contributed by atoms with Crippen molar-refractivity contribution >= 4 is 33.4 Å². The van der Waals surface area contributed by atoms with Gasteiger partial charge in [0.05, 0.1) is 6.26 Å². The number of hydrogen-bond acceptors (Lipinski definition) is 3. The van der Waals surface area contributed by atoms with Crippen LogP contribution in [0.1, 0.15) is 19.1 Å². The number of carbonyl (C=O) groups is 2. The third-order valence-corrected chi connectivity index (χ3v) is 4.61. The average Bonchev–Trinajstić information content (AvgIpc) is 3.16. The number of anilines is 1. The molecular weight excluding hydrogens is 372 g/mol. The number of benzene rings is 1. The molecule has 1 N–H and O–H groups in total. The van der Waals surface area contributed by atoms with Crippen LogP contribution < -0.4 is 10.2 Å². The van der Waals surface area contributed by atoms with Gasteiger partial charge in [-0.1, -0.05) is 22.0 Å². The highest BCUT2D eigenvalue weighted by Crippen LogP contribution is 2.27. The van der Waals surface area contributed by atoms with E-state index >= 15 is 0 Å². The second-order valence-electron chi connectivity index (χ2n) is 6.00. The van der Waals surface area contributed by atoms with Crippen LogP contribution in [0.3, 0.4) is 0 Å². The van der Waals surface area contributed by atoms with Gasteiger partial charge in [0.15, 0.2) is 0 Å². The Morgan fingerprint density at radius 3 is 2.96 bits per heavy atom. The Kier molecular flexibility index (Phi) is 5.04. The van der Waals surface area contributed by atoms with E-state index in [1.54, 1.807) is 11.2 Å². The predicted molar refractivity (Wildman–Crippen MR) is 94.6 cm³/mol. The first kappa shape index (κ1) is 16.8. The lowest BCUT2D eigenvalue weighted by molar-refractivity contribution is -0.132. The van der Waals surface area contributed by atoms with E-state index < -0.39 is 5.92 Å². The summed E-state index contributed by atoms with van der Waals surface area (Å²) in [7, 11) is 0. The molecule has 24 heavy (non-hydrogen) atoms. The third kappa shape index (κ3) is 3.70. The van der Waals surface area contributed by atoms with Crippen molar-refractivity contribution in [2.45, 2.75) is 25.8 Å². The summed E-state index contributed by atoms with van der Waals surface area (Å²) in [6, 6.07) is 11.2. The largest absolute Gasteiger partial charge is 0.469 e. The quantitative estimate of drug-likeness (QED) is 0.797. The van der Waals surface area contributed by atoms with Gasteiger partial charge >= 0.3 is 0 Å². The molecule has 2 atom stereocenters. The molecule has 6 heteroatoms. The molecule has 1 fully saturated rings. The molecule has 1 aromatic heterocycles. The summed E-state index contributed by atoms with van der Waals surface area (Å²) in [5.74, 6) is -0.160. The summed E-state index contributed by atoms with van der Waals surface area (Å²) in [6.45, 7) is 2.46. The van der Waals surface area contributed by atoms with E-state index in [4.69, 9.17) is 4.42 Å². The molecule has 5 nitrogen and oxygen atoms in total. The molecule has 3 rings (SSSR count). The van der Waals surface area contributed by atoms with Gasteiger partial charge in [-0.05, 0) is 43.7 Å². The number of nitrogens with one attached hydrogen (secondary N) is 1. The van der Waals surface area contributed by atoms with E-state index in [2.05, 4.69) is 21.2 Å². The number of hydrogen-bond donors (Lipinski definition) is 1. The van der Waals surface area contributed by atoms with Crippen LogP contribution in [0.15, 0.2) is 51.6 Å². The fraction of sp³-hybridized carbons (Fsp3) is 0.333. The van der Waals surface area contributed by atoms with Crippen LogP contribution in [0.4, 0.5) is 5.69 Å². The van der Waals surface area contributed by atoms with Gasteiger partial charge in [0, 0.05) is 29.2 Å². The zero-order valence-electron chi connectivity index (χ0n) is 13.4. The lowest BCUT2D eigenvalue weighted by atomic mass is 10.1. The van der Waals surface area contributed by atoms with Gasteiger partial charge in [0.2, 0.25) is 11.8 Å². The third-order valence-electron chi connectivity index (χ3n) is 4.12. The molecule has 2 aromatic rings. The Balaban J connectivity index is 1.61. The molecular formula is C18H19BrN2O3. The van der Waals surface area contributed by atoms with Crippen molar-refractivity contribution in [2.24, 2.45) is 5.92 Å². The first-order chi connectivity index (χ1) is 11.5. The average molecular weight is 391 g/mol. The maximum Gasteiger partial charge on any atom is 0.239 e. The highest BCUT2D eigenvalue weighted by Gasteiger charge is 2.37. The summed E-state index contributed by atoms with van der Waals surface area (Å²) in [5.41, 5.74) is 0.813. The van der Waals surface area contributed by atoms with Gasteiger partial charge in [-0.25, -0.2) is 0 Å². The molecule has 2 heterocycles. The van der Waals surface area contributed by atoms with Crippen molar-refractivity contribution in [2.75, 3.05) is 11.4 Å². The number of rotatable bonds is 5. The van der Waals surface area contributed by atoms with Gasteiger partial charge in [0.25, 0.3) is 0 Å². The minimum atomic E-state index is -0.622. The fourth-order valence-electron chi connectivity index (χ4n) is 2.95. The molecule has 1 aliphatic rings. The predicted octanol–water partition coefficient (Wildman–Crippen LogP) is 3.14. The molecule has 126 valence electrons. The van der Waals surface area contributed by atoms with Crippen molar-refractivity contribution in [3.05, 3.63) is 52.9 Å². The van der Waals surface area contributed by atoms with E-state index in [9.17, 15) is 9.59 Å². The smallest absolute Gasteiger partial charge is 0.239 e. The number of furan rings is 1. The van der Waals surface area contributed by atoms with Gasteiger partial charge in [0.1, 0.15) is 11.7 Å². The summed E-state index contributed by atoms with van der Waals surface area (Å²) in [4.78, 5) is 26.7. The van der Waals surface area contributed by atoms with Crippen LogP contribution in [0.2, 0.25) is 0 Å². The minimum Gasteiger partial charge on any atom is -0.469 e. The van der Waals surface area contributed by atoms with Gasteiger partial charge in [-0.3, -0.25) is 9.59 Å². The normalized spacial score (nSPS) is 18.7. The van der Waals surface area contributed by atoms with Crippen molar-refractivity contribution in [1.82, 2.24) is 5.32 Å². The second kappa shape index (κ2) is 7.21. The Morgan fingerprint density at radius 1 is 1.42 bits per heavy atom. The Bertz CT molecular complexity index is 730. The van der Waals surface area contributed by atoms with Crippen molar-refractivity contribution in [3.8, 4) is 0 Å². The van der Waals surface area contributed by atoms with E-state index in [0.29, 0.717) is 19.4 Å². The second-order valence-corrected chi connectivity index (χ2v) is 6.92. The van der Waals surface area contributed by atoms with E-state index in [0.717, 1.165) is 15.9 Å². The monoisotopic (exact) mass is 390 g/mol. The molecule has 0 bridgehead atoms. The summed E-state index contributed by atoms with van der Waals surface area (Å²) >= 11 is 3.41.